The van der Waals surface area contributed by atoms with E-state index in [1.807, 2.05) is 37.3 Å². The number of nitrogens with zero attached hydrogens (tertiary/aromatic N) is 2. The van der Waals surface area contributed by atoms with Crippen LogP contribution in [0, 0.1) is 0 Å². The van der Waals surface area contributed by atoms with Crippen molar-refractivity contribution in [3.05, 3.63) is 48.3 Å². The molecule has 0 amide bonds. The fraction of sp³-hybridized carbons (Fsp3) is 0.167. The second-order valence-electron chi connectivity index (χ2n) is 3.49. The summed E-state index contributed by atoms with van der Waals surface area (Å²) in [4.78, 5) is 9.44. The van der Waals surface area contributed by atoms with Crippen LogP contribution in [0.4, 0.5) is 0 Å². The number of aromatic nitrogens is 2. The van der Waals surface area contributed by atoms with Crippen LogP contribution in [0.5, 0.6) is 0 Å². The molecule has 0 fully saturated rings. The van der Waals surface area contributed by atoms with Crippen molar-refractivity contribution in [1.29, 1.82) is 0 Å². The van der Waals surface area contributed by atoms with Gasteiger partial charge in [-0.05, 0) is 42.4 Å². The van der Waals surface area contributed by atoms with Crippen molar-refractivity contribution in [2.24, 2.45) is 5.73 Å². The average molecular weight is 231 g/mol. The van der Waals surface area contributed by atoms with Crippen molar-refractivity contribution in [3.8, 4) is 0 Å². The molecule has 82 valence electrons. The van der Waals surface area contributed by atoms with Crippen LogP contribution < -0.4 is 5.73 Å². The molecule has 0 aliphatic heterocycles. The number of nitrogens with two attached hydrogens (primary N) is 1. The van der Waals surface area contributed by atoms with Crippen molar-refractivity contribution < 1.29 is 0 Å². The third-order valence-electron chi connectivity index (χ3n) is 2.16. The van der Waals surface area contributed by atoms with Crippen LogP contribution in [-0.4, -0.2) is 9.97 Å². The molecule has 0 bridgehead atoms. The lowest BCUT2D eigenvalue weighted by Gasteiger charge is -2.05. The summed E-state index contributed by atoms with van der Waals surface area (Å²) in [5.41, 5.74) is 6.92. The van der Waals surface area contributed by atoms with E-state index in [0.29, 0.717) is 0 Å². The smallest absolute Gasteiger partial charge is 0.192 e. The first kappa shape index (κ1) is 11.1. The van der Waals surface area contributed by atoms with Gasteiger partial charge in [-0.3, -0.25) is 0 Å². The van der Waals surface area contributed by atoms with Crippen LogP contribution >= 0.6 is 11.8 Å². The summed E-state index contributed by atoms with van der Waals surface area (Å²) in [5.74, 6) is 0. The van der Waals surface area contributed by atoms with E-state index in [1.54, 1.807) is 24.2 Å². The van der Waals surface area contributed by atoms with E-state index in [9.17, 15) is 0 Å². The van der Waals surface area contributed by atoms with Gasteiger partial charge in [0.25, 0.3) is 0 Å². The molecule has 0 saturated carbocycles. The Bertz CT molecular complexity index is 440. The van der Waals surface area contributed by atoms with Crippen LogP contribution in [0.2, 0.25) is 0 Å². The number of hydrogen-bond acceptors (Lipinski definition) is 4. The molecular weight excluding hydrogens is 218 g/mol. The molecule has 2 N–H and O–H groups in total. The van der Waals surface area contributed by atoms with Gasteiger partial charge in [0.2, 0.25) is 0 Å². The fourth-order valence-corrected chi connectivity index (χ4v) is 1.99. The maximum atomic E-state index is 5.78. The lowest BCUT2D eigenvalue weighted by Crippen LogP contribution is -2.04. The molecular formula is C12H13N3S. The summed E-state index contributed by atoms with van der Waals surface area (Å²) >= 11 is 1.54. The van der Waals surface area contributed by atoms with Gasteiger partial charge in [-0.2, -0.15) is 0 Å². The molecule has 1 atom stereocenters. The van der Waals surface area contributed by atoms with Crippen molar-refractivity contribution in [3.63, 3.8) is 0 Å². The maximum Gasteiger partial charge on any atom is 0.192 e. The Hall–Kier alpha value is -1.39. The second kappa shape index (κ2) is 5.09. The Morgan fingerprint density at radius 2 is 1.75 bits per heavy atom. The molecule has 0 aliphatic carbocycles. The van der Waals surface area contributed by atoms with E-state index in [0.717, 1.165) is 15.6 Å². The molecule has 2 rings (SSSR count). The predicted molar refractivity (Wildman–Crippen MR) is 65.2 cm³/mol. The van der Waals surface area contributed by atoms with Crippen molar-refractivity contribution in [1.82, 2.24) is 9.97 Å². The monoisotopic (exact) mass is 231 g/mol. The van der Waals surface area contributed by atoms with Crippen LogP contribution in [-0.2, 0) is 0 Å². The van der Waals surface area contributed by atoms with E-state index >= 15 is 0 Å². The SMILES string of the molecule is C[C@@H](N)c1ccc(Sc2ncccn2)cc1. The van der Waals surface area contributed by atoms with Gasteiger partial charge in [-0.25, -0.2) is 9.97 Å². The highest BCUT2D eigenvalue weighted by atomic mass is 32.2. The average Bonchev–Trinajstić information content (AvgIpc) is 2.31. The maximum absolute atomic E-state index is 5.78. The first-order chi connectivity index (χ1) is 7.75. The summed E-state index contributed by atoms with van der Waals surface area (Å²) in [6.07, 6.45) is 3.48. The van der Waals surface area contributed by atoms with Gasteiger partial charge in [0.15, 0.2) is 5.16 Å². The third-order valence-corrected chi connectivity index (χ3v) is 3.06. The zero-order valence-electron chi connectivity index (χ0n) is 9.00. The van der Waals surface area contributed by atoms with Gasteiger partial charge in [-0.1, -0.05) is 12.1 Å². The first-order valence-corrected chi connectivity index (χ1v) is 5.88. The van der Waals surface area contributed by atoms with Crippen LogP contribution in [0.25, 0.3) is 0 Å². The zero-order valence-corrected chi connectivity index (χ0v) is 9.82. The Morgan fingerprint density at radius 3 is 2.31 bits per heavy atom. The predicted octanol–water partition coefficient (Wildman–Crippen LogP) is 2.65. The Morgan fingerprint density at radius 1 is 1.12 bits per heavy atom. The molecule has 1 heterocycles. The Labute approximate surface area is 99.1 Å². The van der Waals surface area contributed by atoms with Crippen molar-refractivity contribution in [2.75, 3.05) is 0 Å². The normalized spacial score (nSPS) is 12.4. The minimum atomic E-state index is 0.0759. The summed E-state index contributed by atoms with van der Waals surface area (Å²) in [6.45, 7) is 1.97. The van der Waals surface area contributed by atoms with E-state index in [-0.39, 0.29) is 6.04 Å². The van der Waals surface area contributed by atoms with Gasteiger partial charge in [0.05, 0.1) is 0 Å². The van der Waals surface area contributed by atoms with E-state index in [4.69, 9.17) is 5.73 Å². The minimum absolute atomic E-state index is 0.0759. The van der Waals surface area contributed by atoms with Gasteiger partial charge < -0.3 is 5.73 Å². The van der Waals surface area contributed by atoms with E-state index < -0.39 is 0 Å². The van der Waals surface area contributed by atoms with Crippen LogP contribution in [0.3, 0.4) is 0 Å². The fourth-order valence-electron chi connectivity index (χ4n) is 1.28. The van der Waals surface area contributed by atoms with Gasteiger partial charge >= 0.3 is 0 Å². The molecule has 16 heavy (non-hydrogen) atoms. The number of hydrogen-bond donors (Lipinski definition) is 1. The summed E-state index contributed by atoms with van der Waals surface area (Å²) in [6, 6.07) is 10.0. The Balaban J connectivity index is 2.11. The van der Waals surface area contributed by atoms with Crippen LogP contribution in [0.1, 0.15) is 18.5 Å². The van der Waals surface area contributed by atoms with Crippen molar-refractivity contribution >= 4 is 11.8 Å². The standard InChI is InChI=1S/C12H13N3S/c1-9(13)10-3-5-11(6-4-10)16-12-14-7-2-8-15-12/h2-9H,13H2,1H3/t9-/m1/s1. The topological polar surface area (TPSA) is 51.8 Å². The first-order valence-electron chi connectivity index (χ1n) is 5.06. The van der Waals surface area contributed by atoms with Gasteiger partial charge in [0, 0.05) is 23.3 Å². The van der Waals surface area contributed by atoms with Gasteiger partial charge in [-0.15, -0.1) is 0 Å². The lowest BCUT2D eigenvalue weighted by atomic mass is 10.1. The summed E-state index contributed by atoms with van der Waals surface area (Å²) in [7, 11) is 0. The molecule has 0 saturated heterocycles. The van der Waals surface area contributed by atoms with Gasteiger partial charge in [0.1, 0.15) is 0 Å². The number of rotatable bonds is 3. The summed E-state index contributed by atoms with van der Waals surface area (Å²) < 4.78 is 0. The minimum Gasteiger partial charge on any atom is -0.324 e. The molecule has 0 unspecified atom stereocenters. The molecule has 1 aromatic heterocycles. The zero-order chi connectivity index (χ0) is 11.4. The summed E-state index contributed by atoms with van der Waals surface area (Å²) in [5, 5.41) is 0.760. The molecule has 3 nitrogen and oxygen atoms in total. The molecule has 1 aromatic carbocycles. The molecule has 4 heteroatoms. The second-order valence-corrected chi connectivity index (χ2v) is 4.53. The highest BCUT2D eigenvalue weighted by molar-refractivity contribution is 7.99. The largest absolute Gasteiger partial charge is 0.324 e. The van der Waals surface area contributed by atoms with E-state index in [1.165, 1.54) is 0 Å². The highest BCUT2D eigenvalue weighted by Crippen LogP contribution is 2.24. The molecule has 2 aromatic rings. The highest BCUT2D eigenvalue weighted by Gasteiger charge is 2.01. The third kappa shape index (κ3) is 2.81. The molecule has 0 radical (unpaired) electrons. The number of benzene rings is 1. The Kier molecular flexibility index (Phi) is 3.54. The quantitative estimate of drug-likeness (QED) is 0.825. The molecule has 0 aliphatic rings. The molecule has 0 spiro atoms. The van der Waals surface area contributed by atoms with E-state index in [2.05, 4.69) is 9.97 Å². The van der Waals surface area contributed by atoms with Crippen molar-refractivity contribution in [2.45, 2.75) is 23.0 Å². The van der Waals surface area contributed by atoms with Crippen LogP contribution in [0.15, 0.2) is 52.8 Å². The lowest BCUT2D eigenvalue weighted by molar-refractivity contribution is 0.817.